The molecule has 0 bridgehead atoms. The quantitative estimate of drug-likeness (QED) is 0.303. The van der Waals surface area contributed by atoms with Crippen LogP contribution in [0, 0.1) is 0 Å². The van der Waals surface area contributed by atoms with Crippen molar-refractivity contribution >= 4 is 35.2 Å². The lowest BCUT2D eigenvalue weighted by Crippen LogP contribution is -2.28. The number of nitrogens with one attached hydrogen (secondary N) is 3. The van der Waals surface area contributed by atoms with Gasteiger partial charge in [-0.25, -0.2) is 14.8 Å². The Balaban J connectivity index is 1.64. The van der Waals surface area contributed by atoms with Gasteiger partial charge < -0.3 is 27.4 Å². The third kappa shape index (κ3) is 6.53. The summed E-state index contributed by atoms with van der Waals surface area (Å²) in [5.41, 5.74) is 14.5. The van der Waals surface area contributed by atoms with Gasteiger partial charge in [0.25, 0.3) is 0 Å². The number of guanidine groups is 1. The molecule has 0 saturated carbocycles. The van der Waals surface area contributed by atoms with Gasteiger partial charge in [-0.05, 0) is 41.5 Å². The van der Waals surface area contributed by atoms with Crippen LogP contribution < -0.4 is 27.4 Å². The fourth-order valence-corrected chi connectivity index (χ4v) is 2.71. The summed E-state index contributed by atoms with van der Waals surface area (Å²) in [6.07, 6.45) is 3.41. The van der Waals surface area contributed by atoms with Gasteiger partial charge >= 0.3 is 6.03 Å². The third-order valence-corrected chi connectivity index (χ3v) is 4.05. The van der Waals surface area contributed by atoms with Crippen LogP contribution in [0.25, 0.3) is 11.1 Å². The van der Waals surface area contributed by atoms with Crippen molar-refractivity contribution in [3.8, 4) is 11.1 Å². The average Bonchev–Trinajstić information content (AvgIpc) is 2.74. The number of amides is 3. The predicted molar refractivity (Wildman–Crippen MR) is 120 cm³/mol. The number of aliphatic imine (C=N–C) groups is 1. The molecule has 0 unspecified atom stereocenters. The third-order valence-electron chi connectivity index (χ3n) is 4.05. The number of urea groups is 1. The van der Waals surface area contributed by atoms with Gasteiger partial charge in [0.1, 0.15) is 0 Å². The monoisotopic (exact) mass is 418 g/mol. The molecule has 10 nitrogen and oxygen atoms in total. The molecule has 0 fully saturated rings. The highest BCUT2D eigenvalue weighted by atomic mass is 16.2. The lowest BCUT2D eigenvalue weighted by molar-refractivity contribution is -0.114. The molecule has 0 aliphatic carbocycles. The van der Waals surface area contributed by atoms with E-state index in [0.717, 1.165) is 22.4 Å². The van der Waals surface area contributed by atoms with Crippen molar-refractivity contribution in [3.63, 3.8) is 0 Å². The van der Waals surface area contributed by atoms with Crippen LogP contribution in [0.15, 0.2) is 65.9 Å². The van der Waals surface area contributed by atoms with Gasteiger partial charge in [-0.2, -0.15) is 4.99 Å². The number of carbonyl (C=O) groups excluding carboxylic acids is 2. The molecular formula is C21H22N8O2. The molecule has 0 radical (unpaired) electrons. The van der Waals surface area contributed by atoms with Gasteiger partial charge in [-0.15, -0.1) is 0 Å². The fourth-order valence-electron chi connectivity index (χ4n) is 2.71. The van der Waals surface area contributed by atoms with Crippen LogP contribution in [0.5, 0.6) is 0 Å². The van der Waals surface area contributed by atoms with Gasteiger partial charge in [0.05, 0.1) is 0 Å². The highest BCUT2D eigenvalue weighted by Gasteiger charge is 2.05. The normalized spacial score (nSPS) is 10.1. The minimum absolute atomic E-state index is 0.125. The van der Waals surface area contributed by atoms with Gasteiger partial charge in [0.2, 0.25) is 11.9 Å². The van der Waals surface area contributed by atoms with Crippen molar-refractivity contribution in [3.05, 3.63) is 66.5 Å². The number of carbonyl (C=O) groups is 2. The number of nitrogens with zero attached hydrogens (tertiary/aromatic N) is 3. The summed E-state index contributed by atoms with van der Waals surface area (Å²) in [7, 11) is 0. The molecule has 0 saturated heterocycles. The van der Waals surface area contributed by atoms with E-state index in [-0.39, 0.29) is 18.4 Å². The topological polar surface area (TPSA) is 160 Å². The highest BCUT2D eigenvalue weighted by Crippen LogP contribution is 2.21. The Morgan fingerprint density at radius 2 is 1.65 bits per heavy atom. The Kier molecular flexibility index (Phi) is 6.74. The fraction of sp³-hybridized carbons (Fsp3) is 0.0952. The molecule has 7 N–H and O–H groups in total. The van der Waals surface area contributed by atoms with E-state index in [0.29, 0.717) is 11.6 Å². The lowest BCUT2D eigenvalue weighted by atomic mass is 10.1. The van der Waals surface area contributed by atoms with Gasteiger partial charge in [0, 0.05) is 42.8 Å². The van der Waals surface area contributed by atoms with Crippen molar-refractivity contribution in [1.29, 1.82) is 0 Å². The van der Waals surface area contributed by atoms with Crippen LogP contribution in [-0.4, -0.2) is 27.9 Å². The van der Waals surface area contributed by atoms with E-state index in [1.165, 1.54) is 6.92 Å². The Labute approximate surface area is 178 Å². The zero-order chi connectivity index (χ0) is 22.2. The summed E-state index contributed by atoms with van der Waals surface area (Å²) in [6.45, 7) is 1.73. The first kappa shape index (κ1) is 21.2. The summed E-state index contributed by atoms with van der Waals surface area (Å²) >= 11 is 0. The second-order valence-electron chi connectivity index (χ2n) is 6.57. The molecule has 0 atom stereocenters. The van der Waals surface area contributed by atoms with Crippen LogP contribution in [0.2, 0.25) is 0 Å². The van der Waals surface area contributed by atoms with E-state index >= 15 is 0 Å². The van der Waals surface area contributed by atoms with Crippen molar-refractivity contribution in [2.24, 2.45) is 16.5 Å². The Morgan fingerprint density at radius 1 is 0.968 bits per heavy atom. The molecule has 0 spiro atoms. The first-order valence-corrected chi connectivity index (χ1v) is 9.32. The second-order valence-corrected chi connectivity index (χ2v) is 6.57. The minimum Gasteiger partial charge on any atom is -0.370 e. The Hall–Kier alpha value is -4.47. The van der Waals surface area contributed by atoms with Crippen LogP contribution in [0.3, 0.4) is 0 Å². The maximum absolute atomic E-state index is 11.5. The number of aromatic nitrogens is 2. The molecule has 3 amide bonds. The summed E-state index contributed by atoms with van der Waals surface area (Å²) in [6, 6.07) is 14.2. The van der Waals surface area contributed by atoms with E-state index in [4.69, 9.17) is 11.5 Å². The summed E-state index contributed by atoms with van der Waals surface area (Å²) in [5, 5.41) is 8.43. The molecule has 31 heavy (non-hydrogen) atoms. The molecule has 0 aliphatic heterocycles. The number of anilines is 3. The van der Waals surface area contributed by atoms with Crippen LogP contribution in [0.1, 0.15) is 12.5 Å². The minimum atomic E-state index is -0.603. The van der Waals surface area contributed by atoms with Crippen LogP contribution in [-0.2, 0) is 11.3 Å². The number of rotatable bonds is 6. The predicted octanol–water partition coefficient (Wildman–Crippen LogP) is 2.33. The molecule has 10 heteroatoms. The average molecular weight is 418 g/mol. The number of benzene rings is 2. The number of nitrogens with two attached hydrogens (primary N) is 2. The van der Waals surface area contributed by atoms with Crippen molar-refractivity contribution in [2.75, 3.05) is 10.6 Å². The zero-order valence-corrected chi connectivity index (χ0v) is 16.8. The van der Waals surface area contributed by atoms with E-state index in [1.54, 1.807) is 24.5 Å². The van der Waals surface area contributed by atoms with E-state index in [1.807, 2.05) is 36.4 Å². The van der Waals surface area contributed by atoms with Crippen molar-refractivity contribution < 1.29 is 9.59 Å². The Morgan fingerprint density at radius 3 is 2.29 bits per heavy atom. The van der Waals surface area contributed by atoms with Crippen LogP contribution >= 0.6 is 0 Å². The van der Waals surface area contributed by atoms with E-state index in [9.17, 15) is 9.59 Å². The highest BCUT2D eigenvalue weighted by molar-refractivity contribution is 5.90. The number of hydrogen-bond acceptors (Lipinski definition) is 5. The summed E-state index contributed by atoms with van der Waals surface area (Å²) < 4.78 is 0. The second kappa shape index (κ2) is 9.83. The lowest BCUT2D eigenvalue weighted by Gasteiger charge is -2.08. The van der Waals surface area contributed by atoms with Crippen LogP contribution in [0.4, 0.5) is 22.1 Å². The standard InChI is InChI=1S/C21H22N8O2/c1-13(30)27-17-5-7-18(8-6-17)28-20-24-11-16(12-25-20)15-4-2-3-14(9-15)10-26-21(31)29-19(22)23/h2-9,11-12H,10H2,1H3,(H,27,30)(H,24,25,28)(H5,22,23,26,29,31). The molecule has 2 aromatic carbocycles. The number of hydrogen-bond donors (Lipinski definition) is 5. The van der Waals surface area contributed by atoms with Gasteiger partial charge in [-0.1, -0.05) is 18.2 Å². The van der Waals surface area contributed by atoms with Crippen molar-refractivity contribution in [1.82, 2.24) is 15.3 Å². The van der Waals surface area contributed by atoms with E-state index in [2.05, 4.69) is 30.9 Å². The zero-order valence-electron chi connectivity index (χ0n) is 16.8. The molecule has 158 valence electrons. The molecule has 3 aromatic rings. The van der Waals surface area contributed by atoms with Crippen molar-refractivity contribution in [2.45, 2.75) is 13.5 Å². The molecule has 1 aromatic heterocycles. The first-order valence-electron chi connectivity index (χ1n) is 9.32. The smallest absolute Gasteiger partial charge is 0.344 e. The maximum atomic E-state index is 11.5. The molecular weight excluding hydrogens is 396 g/mol. The molecule has 0 aliphatic rings. The maximum Gasteiger partial charge on any atom is 0.344 e. The SMILES string of the molecule is CC(=O)Nc1ccc(Nc2ncc(-c3cccc(CNC(=O)N=C(N)N)c3)cn2)cc1. The van der Waals surface area contributed by atoms with Gasteiger partial charge in [-0.3, -0.25) is 4.79 Å². The largest absolute Gasteiger partial charge is 0.370 e. The summed E-state index contributed by atoms with van der Waals surface area (Å²) in [4.78, 5) is 34.7. The molecule has 3 rings (SSSR count). The molecule has 1 heterocycles. The van der Waals surface area contributed by atoms with Gasteiger partial charge in [0.15, 0.2) is 5.96 Å². The summed E-state index contributed by atoms with van der Waals surface area (Å²) in [5.74, 6) is 0.0253. The first-order chi connectivity index (χ1) is 14.9. The Bertz CT molecular complexity index is 1090. The van der Waals surface area contributed by atoms with E-state index < -0.39 is 6.03 Å².